The number of carbonyl (C=O) groups excluding carboxylic acids is 3. The Morgan fingerprint density at radius 1 is 1.26 bits per heavy atom. The fraction of sp³-hybridized carbons (Fsp3) is 0.727. The number of carboxylic acids is 1. The van der Waals surface area contributed by atoms with E-state index in [1.54, 1.807) is 30.8 Å². The number of carbonyl (C=O) groups is 4. The van der Waals surface area contributed by atoms with Crippen LogP contribution >= 0.6 is 11.8 Å². The number of fused-ring (bicyclic) bond motifs is 1. The molecule has 0 aliphatic carbocycles. The van der Waals surface area contributed by atoms with E-state index < -0.39 is 17.9 Å². The average Bonchev–Trinajstić information content (AvgIpc) is 3.35. The van der Waals surface area contributed by atoms with Crippen molar-refractivity contribution in [3.8, 4) is 0 Å². The maximum Gasteiger partial charge on any atom is 0.353 e. The van der Waals surface area contributed by atoms with Gasteiger partial charge in [0.25, 0.3) is 0 Å². The fourth-order valence-electron chi connectivity index (χ4n) is 5.31. The van der Waals surface area contributed by atoms with Crippen molar-refractivity contribution < 1.29 is 29.0 Å². The highest BCUT2D eigenvalue weighted by molar-refractivity contribution is 8.03. The Morgan fingerprint density at radius 2 is 1.94 bits per heavy atom. The second kappa shape index (κ2) is 9.74. The van der Waals surface area contributed by atoms with E-state index in [1.807, 2.05) is 6.92 Å². The van der Waals surface area contributed by atoms with Crippen molar-refractivity contribution in [3.63, 3.8) is 0 Å². The molecule has 0 radical (unpaired) electrons. The number of nitrogens with zero attached hydrogens (tertiary/aromatic N) is 3. The van der Waals surface area contributed by atoms with Crippen LogP contribution in [0.3, 0.4) is 0 Å². The summed E-state index contributed by atoms with van der Waals surface area (Å²) in [6.07, 6.45) is 0.596. The molecule has 0 bridgehead atoms. The number of hydrogen-bond donors (Lipinski definition) is 3. The van der Waals surface area contributed by atoms with Gasteiger partial charge in [-0.15, -0.1) is 11.8 Å². The van der Waals surface area contributed by atoms with Crippen molar-refractivity contribution >= 4 is 35.6 Å². The minimum absolute atomic E-state index is 0.00102. The number of carboxylic acid groups (broad SMARTS) is 1. The third-order valence-electron chi connectivity index (χ3n) is 7.10. The zero-order chi connectivity index (χ0) is 24.7. The molecule has 0 spiro atoms. The molecule has 4 rings (SSSR count). The molecule has 0 aromatic rings. The van der Waals surface area contributed by atoms with Crippen molar-refractivity contribution in [2.75, 3.05) is 46.9 Å². The van der Waals surface area contributed by atoms with E-state index in [-0.39, 0.29) is 46.8 Å². The summed E-state index contributed by atoms with van der Waals surface area (Å²) >= 11 is 1.45. The average molecular weight is 496 g/mol. The molecular weight excluding hydrogens is 462 g/mol. The Balaban J connectivity index is 1.44. The van der Waals surface area contributed by atoms with Gasteiger partial charge in [0.05, 0.1) is 31.2 Å². The molecule has 3 saturated heterocycles. The van der Waals surface area contributed by atoms with Gasteiger partial charge in [-0.25, -0.2) is 9.59 Å². The molecule has 0 aromatic heterocycles. The maximum absolute atomic E-state index is 13.1. The van der Waals surface area contributed by atoms with Crippen molar-refractivity contribution in [1.29, 1.82) is 0 Å². The van der Waals surface area contributed by atoms with Crippen molar-refractivity contribution in [3.05, 3.63) is 10.6 Å². The number of aliphatic carboxylic acids is 1. The molecule has 1 unspecified atom stereocenters. The van der Waals surface area contributed by atoms with Gasteiger partial charge in [0.1, 0.15) is 5.70 Å². The Hall–Kier alpha value is -2.31. The van der Waals surface area contributed by atoms with Crippen LogP contribution < -0.4 is 10.6 Å². The molecule has 34 heavy (non-hydrogen) atoms. The summed E-state index contributed by atoms with van der Waals surface area (Å²) < 4.78 is 5.28. The highest BCUT2D eigenvalue weighted by Crippen LogP contribution is 2.51. The van der Waals surface area contributed by atoms with Crippen molar-refractivity contribution in [1.82, 2.24) is 25.3 Å². The summed E-state index contributed by atoms with van der Waals surface area (Å²) in [5, 5.41) is 16.1. The lowest BCUT2D eigenvalue weighted by Crippen LogP contribution is -2.66. The van der Waals surface area contributed by atoms with Gasteiger partial charge in [-0.2, -0.15) is 0 Å². The van der Waals surface area contributed by atoms with Gasteiger partial charge in [-0.05, 0) is 13.3 Å². The molecule has 6 atom stereocenters. The van der Waals surface area contributed by atoms with Gasteiger partial charge in [0.2, 0.25) is 11.8 Å². The lowest BCUT2D eigenvalue weighted by molar-refractivity contribution is -0.158. The van der Waals surface area contributed by atoms with Crippen LogP contribution in [0.1, 0.15) is 20.3 Å². The van der Waals surface area contributed by atoms with Crippen molar-refractivity contribution in [2.45, 2.75) is 43.6 Å². The lowest BCUT2D eigenvalue weighted by atomic mass is 9.78. The van der Waals surface area contributed by atoms with E-state index in [0.717, 1.165) is 0 Å². The van der Waals surface area contributed by atoms with Crippen LogP contribution in [0, 0.1) is 11.8 Å². The Bertz CT molecular complexity index is 904. The van der Waals surface area contributed by atoms with Gasteiger partial charge < -0.3 is 35.2 Å². The largest absolute Gasteiger partial charge is 0.477 e. The summed E-state index contributed by atoms with van der Waals surface area (Å²) in [5.41, 5.74) is 0.0397. The van der Waals surface area contributed by atoms with E-state index in [9.17, 15) is 24.3 Å². The smallest absolute Gasteiger partial charge is 0.353 e. The van der Waals surface area contributed by atoms with Gasteiger partial charge in [-0.3, -0.25) is 9.59 Å². The minimum Gasteiger partial charge on any atom is -0.477 e. The quantitative estimate of drug-likeness (QED) is 0.430. The molecule has 12 heteroatoms. The molecule has 4 amide bonds. The standard InChI is InChI=1S/C22H33N5O6S/c1-11-16-15(12(2)24-22(32)26-5-7-33-8-6-26)20(29)27(16)17(21(30)31)18(11)34-13-9-14(23-10-13)19(28)25(3)4/h11-16,23H,5-10H2,1-4H3,(H,24,32)(H,30,31)/t11-,12?,13+,14+,15-,16-/m1/s1. The second-order valence-electron chi connectivity index (χ2n) is 9.54. The lowest BCUT2D eigenvalue weighted by Gasteiger charge is -2.48. The minimum atomic E-state index is -1.12. The molecule has 11 nitrogen and oxygen atoms in total. The molecule has 4 heterocycles. The number of likely N-dealkylation sites (N-methyl/N-ethyl adjacent to an activating group) is 1. The first-order valence-electron chi connectivity index (χ1n) is 11.7. The van der Waals surface area contributed by atoms with Gasteiger partial charge in [0, 0.05) is 55.8 Å². The van der Waals surface area contributed by atoms with Gasteiger partial charge in [-0.1, -0.05) is 6.92 Å². The Morgan fingerprint density at radius 3 is 2.56 bits per heavy atom. The molecule has 188 valence electrons. The predicted molar refractivity (Wildman–Crippen MR) is 125 cm³/mol. The zero-order valence-electron chi connectivity index (χ0n) is 19.9. The number of nitrogens with one attached hydrogen (secondary N) is 2. The van der Waals surface area contributed by atoms with Gasteiger partial charge >= 0.3 is 12.0 Å². The van der Waals surface area contributed by atoms with E-state index >= 15 is 0 Å². The second-order valence-corrected chi connectivity index (χ2v) is 10.9. The van der Waals surface area contributed by atoms with Crippen LogP contribution in [0.4, 0.5) is 4.79 Å². The molecule has 0 aromatic carbocycles. The van der Waals surface area contributed by atoms with Crippen LogP contribution in [0.15, 0.2) is 10.6 Å². The van der Waals surface area contributed by atoms with Crippen LogP contribution in [-0.4, -0.2) is 114 Å². The van der Waals surface area contributed by atoms with Crippen LogP contribution in [0.25, 0.3) is 0 Å². The Labute approximate surface area is 203 Å². The predicted octanol–water partition coefficient (Wildman–Crippen LogP) is -0.258. The summed E-state index contributed by atoms with van der Waals surface area (Å²) in [4.78, 5) is 55.4. The van der Waals surface area contributed by atoms with E-state index in [2.05, 4.69) is 10.6 Å². The summed E-state index contributed by atoms with van der Waals surface area (Å²) in [7, 11) is 3.43. The van der Waals surface area contributed by atoms with Crippen molar-refractivity contribution in [2.24, 2.45) is 11.8 Å². The monoisotopic (exact) mass is 495 g/mol. The third kappa shape index (κ3) is 4.38. The van der Waals surface area contributed by atoms with Crippen LogP contribution in [-0.2, 0) is 19.1 Å². The molecular formula is C22H33N5O6S. The fourth-order valence-corrected chi connectivity index (χ4v) is 6.79. The van der Waals surface area contributed by atoms with Crippen LogP contribution in [0.5, 0.6) is 0 Å². The Kier molecular flexibility index (Phi) is 7.11. The molecule has 3 fully saturated rings. The normalized spacial score (nSPS) is 31.8. The molecule has 0 saturated carbocycles. The number of amides is 4. The molecule has 4 aliphatic rings. The number of β-lactam (4-membered cyclic amide) rings is 1. The first-order valence-corrected chi connectivity index (χ1v) is 12.5. The third-order valence-corrected chi connectivity index (χ3v) is 8.61. The summed E-state index contributed by atoms with van der Waals surface area (Å²) in [6, 6.07) is -1.27. The zero-order valence-corrected chi connectivity index (χ0v) is 20.8. The van der Waals surface area contributed by atoms with Gasteiger partial charge in [0.15, 0.2) is 0 Å². The highest BCUT2D eigenvalue weighted by Gasteiger charge is 2.60. The number of ether oxygens (including phenoxy) is 1. The number of rotatable bonds is 6. The van der Waals surface area contributed by atoms with Crippen LogP contribution in [0.2, 0.25) is 0 Å². The number of urea groups is 1. The first kappa shape index (κ1) is 24.8. The molecule has 4 aliphatic heterocycles. The number of hydrogen-bond acceptors (Lipinski definition) is 7. The number of thioether (sulfide) groups is 1. The van der Waals surface area contributed by atoms with E-state index in [4.69, 9.17) is 4.74 Å². The highest BCUT2D eigenvalue weighted by atomic mass is 32.2. The maximum atomic E-state index is 13.1. The van der Waals surface area contributed by atoms with E-state index in [1.165, 1.54) is 16.7 Å². The number of morpholine rings is 1. The molecule has 3 N–H and O–H groups in total. The summed E-state index contributed by atoms with van der Waals surface area (Å²) in [5.74, 6) is -2.06. The topological polar surface area (TPSA) is 132 Å². The van der Waals surface area contributed by atoms with E-state index in [0.29, 0.717) is 44.2 Å². The first-order chi connectivity index (χ1) is 16.1. The SMILES string of the molecule is CC(NC(=O)N1CCOCC1)[C@H]1C(=O)N2C(C(=O)O)=C(S[C@@H]3CN[C@H](C(=O)N(C)C)C3)[C@H](C)[C@H]12. The summed E-state index contributed by atoms with van der Waals surface area (Å²) in [6.45, 7) is 6.31.